The van der Waals surface area contributed by atoms with E-state index in [0.29, 0.717) is 13.2 Å². The fourth-order valence-electron chi connectivity index (χ4n) is 3.61. The molecule has 2 aliphatic rings. The molecule has 1 aliphatic carbocycles. The van der Waals surface area contributed by atoms with Crippen molar-refractivity contribution in [2.75, 3.05) is 13.2 Å². The van der Waals surface area contributed by atoms with Gasteiger partial charge in [-0.2, -0.15) is 5.26 Å². The van der Waals surface area contributed by atoms with Crippen molar-refractivity contribution in [1.29, 1.82) is 5.26 Å². The van der Waals surface area contributed by atoms with Crippen LogP contribution >= 0.6 is 15.9 Å². The Kier molecular flexibility index (Phi) is 4.10. The first-order valence-corrected chi connectivity index (χ1v) is 8.80. The Labute approximate surface area is 150 Å². The third kappa shape index (κ3) is 2.73. The van der Waals surface area contributed by atoms with Gasteiger partial charge in [-0.1, -0.05) is 58.4 Å². The molecule has 1 saturated heterocycles. The maximum Gasteiger partial charge on any atom is 0.0954 e. The standard InChI is InChI=1S/C21H16BrNO/c22-19-7-5-14(6-8-19)21-17(11-23)9-15-3-1-2-4-16(15)10-18-12-24-13-20(18)21/h1-10,20-21H,12-13H2/b17-9-,18-10-/t20-,21-/m1/s1. The van der Waals surface area contributed by atoms with Crippen LogP contribution in [0, 0.1) is 17.2 Å². The SMILES string of the molecule is N#C/C1=C/c2ccccc2/C=C2/COC[C@H]2[C@@H]1c1ccc(Br)cc1. The van der Waals surface area contributed by atoms with Crippen LogP contribution < -0.4 is 0 Å². The van der Waals surface area contributed by atoms with E-state index in [4.69, 9.17) is 4.74 Å². The Morgan fingerprint density at radius 2 is 1.71 bits per heavy atom. The molecule has 24 heavy (non-hydrogen) atoms. The Hall–Kier alpha value is -2.15. The van der Waals surface area contributed by atoms with Crippen LogP contribution in [0.15, 0.2) is 64.1 Å². The number of rotatable bonds is 1. The molecule has 1 heterocycles. The van der Waals surface area contributed by atoms with Crippen LogP contribution in [0.2, 0.25) is 0 Å². The van der Waals surface area contributed by atoms with Crippen LogP contribution in [0.1, 0.15) is 22.6 Å². The highest BCUT2D eigenvalue weighted by Gasteiger charge is 2.34. The summed E-state index contributed by atoms with van der Waals surface area (Å²) in [6.07, 6.45) is 4.27. The lowest BCUT2D eigenvalue weighted by Gasteiger charge is -2.26. The average molecular weight is 378 g/mol. The number of allylic oxidation sites excluding steroid dienone is 1. The molecule has 1 aliphatic heterocycles. The minimum Gasteiger partial charge on any atom is -0.376 e. The van der Waals surface area contributed by atoms with Gasteiger partial charge in [0.05, 0.1) is 19.3 Å². The van der Waals surface area contributed by atoms with Crippen LogP contribution in [-0.2, 0) is 4.74 Å². The van der Waals surface area contributed by atoms with Crippen molar-refractivity contribution in [1.82, 2.24) is 0 Å². The molecule has 0 radical (unpaired) electrons. The average Bonchev–Trinajstić information content (AvgIpc) is 3.03. The molecule has 118 valence electrons. The van der Waals surface area contributed by atoms with E-state index in [1.807, 2.05) is 30.3 Å². The first kappa shape index (κ1) is 15.4. The number of benzene rings is 2. The molecule has 2 aromatic rings. The molecule has 0 aromatic heterocycles. The molecule has 0 amide bonds. The van der Waals surface area contributed by atoms with Crippen LogP contribution in [0.3, 0.4) is 0 Å². The van der Waals surface area contributed by atoms with E-state index < -0.39 is 0 Å². The molecule has 0 spiro atoms. The molecular weight excluding hydrogens is 362 g/mol. The van der Waals surface area contributed by atoms with Crippen LogP contribution in [0.5, 0.6) is 0 Å². The molecular formula is C21H16BrNO. The third-order valence-corrected chi connectivity index (χ3v) is 5.31. The summed E-state index contributed by atoms with van der Waals surface area (Å²) in [4.78, 5) is 0. The summed E-state index contributed by atoms with van der Waals surface area (Å²) >= 11 is 3.49. The number of nitrogens with zero attached hydrogens (tertiary/aromatic N) is 1. The summed E-state index contributed by atoms with van der Waals surface area (Å²) in [5.74, 6) is 0.246. The van der Waals surface area contributed by atoms with E-state index in [-0.39, 0.29) is 11.8 Å². The minimum absolute atomic E-state index is 0.0326. The Balaban J connectivity index is 1.92. The second kappa shape index (κ2) is 6.39. The van der Waals surface area contributed by atoms with Gasteiger partial charge in [-0.15, -0.1) is 0 Å². The van der Waals surface area contributed by atoms with Gasteiger partial charge < -0.3 is 4.74 Å². The summed E-state index contributed by atoms with van der Waals surface area (Å²) in [6.45, 7) is 1.30. The first-order chi connectivity index (χ1) is 11.8. The zero-order valence-corrected chi connectivity index (χ0v) is 14.7. The first-order valence-electron chi connectivity index (χ1n) is 8.00. The van der Waals surface area contributed by atoms with Crippen molar-refractivity contribution in [2.45, 2.75) is 5.92 Å². The van der Waals surface area contributed by atoms with Gasteiger partial charge in [-0.25, -0.2) is 0 Å². The second-order valence-corrected chi connectivity index (χ2v) is 7.13. The van der Waals surface area contributed by atoms with E-state index in [9.17, 15) is 5.26 Å². The van der Waals surface area contributed by atoms with Crippen LogP contribution in [-0.4, -0.2) is 13.2 Å². The minimum atomic E-state index is 0.0326. The van der Waals surface area contributed by atoms with Gasteiger partial charge in [0.2, 0.25) is 0 Å². The highest BCUT2D eigenvalue weighted by atomic mass is 79.9. The lowest BCUT2D eigenvalue weighted by Crippen LogP contribution is -2.18. The number of nitriles is 1. The summed E-state index contributed by atoms with van der Waals surface area (Å²) in [6, 6.07) is 19.0. The third-order valence-electron chi connectivity index (χ3n) is 4.79. The molecule has 4 rings (SSSR count). The molecule has 2 atom stereocenters. The van der Waals surface area contributed by atoms with Gasteiger partial charge in [0.1, 0.15) is 0 Å². The second-order valence-electron chi connectivity index (χ2n) is 6.21. The Morgan fingerprint density at radius 1 is 1.00 bits per heavy atom. The fourth-order valence-corrected chi connectivity index (χ4v) is 3.87. The Morgan fingerprint density at radius 3 is 2.42 bits per heavy atom. The summed E-state index contributed by atoms with van der Waals surface area (Å²) in [5, 5.41) is 9.85. The quantitative estimate of drug-likeness (QED) is 0.685. The molecule has 0 unspecified atom stereocenters. The lowest BCUT2D eigenvalue weighted by atomic mass is 9.76. The van der Waals surface area contributed by atoms with E-state index in [0.717, 1.165) is 26.7 Å². The van der Waals surface area contributed by atoms with Crippen molar-refractivity contribution in [2.24, 2.45) is 5.92 Å². The predicted octanol–water partition coefficient (Wildman–Crippen LogP) is 5.18. The van der Waals surface area contributed by atoms with Gasteiger partial charge in [0.25, 0.3) is 0 Å². The normalized spacial score (nSPS) is 26.7. The number of hydrogen-bond donors (Lipinski definition) is 0. The van der Waals surface area contributed by atoms with Crippen molar-refractivity contribution in [3.8, 4) is 6.07 Å². The molecule has 0 saturated carbocycles. The van der Waals surface area contributed by atoms with Gasteiger partial charge in [-0.3, -0.25) is 0 Å². The number of ether oxygens (including phenoxy) is 1. The molecule has 1 fully saturated rings. The van der Waals surface area contributed by atoms with E-state index in [1.165, 1.54) is 5.57 Å². The smallest absolute Gasteiger partial charge is 0.0954 e. The molecule has 0 bridgehead atoms. The highest BCUT2D eigenvalue weighted by Crippen LogP contribution is 2.42. The monoisotopic (exact) mass is 377 g/mol. The van der Waals surface area contributed by atoms with Crippen molar-refractivity contribution in [3.05, 3.63) is 80.8 Å². The fraction of sp³-hybridized carbons (Fsp3) is 0.190. The lowest BCUT2D eigenvalue weighted by molar-refractivity contribution is 0.185. The van der Waals surface area contributed by atoms with Crippen LogP contribution in [0.4, 0.5) is 0 Å². The van der Waals surface area contributed by atoms with E-state index >= 15 is 0 Å². The zero-order chi connectivity index (χ0) is 16.5. The Bertz CT molecular complexity index is 873. The van der Waals surface area contributed by atoms with Crippen molar-refractivity contribution in [3.63, 3.8) is 0 Å². The molecule has 0 N–H and O–H groups in total. The maximum atomic E-state index is 9.85. The van der Waals surface area contributed by atoms with E-state index in [2.05, 4.69) is 52.3 Å². The summed E-state index contributed by atoms with van der Waals surface area (Å²) in [7, 11) is 0. The number of hydrogen-bond acceptors (Lipinski definition) is 2. The number of halogens is 1. The predicted molar refractivity (Wildman–Crippen MR) is 99.2 cm³/mol. The van der Waals surface area contributed by atoms with Crippen molar-refractivity contribution >= 4 is 28.1 Å². The summed E-state index contributed by atoms with van der Waals surface area (Å²) < 4.78 is 6.82. The highest BCUT2D eigenvalue weighted by molar-refractivity contribution is 9.10. The molecule has 2 aromatic carbocycles. The molecule has 3 heteroatoms. The number of fused-ring (bicyclic) bond motifs is 2. The summed E-state index contributed by atoms with van der Waals surface area (Å²) in [5.41, 5.74) is 5.48. The van der Waals surface area contributed by atoms with E-state index in [1.54, 1.807) is 0 Å². The van der Waals surface area contributed by atoms with Crippen LogP contribution in [0.25, 0.3) is 12.2 Å². The van der Waals surface area contributed by atoms with Crippen molar-refractivity contribution < 1.29 is 4.74 Å². The topological polar surface area (TPSA) is 33.0 Å². The zero-order valence-electron chi connectivity index (χ0n) is 13.1. The van der Waals surface area contributed by atoms with Gasteiger partial charge in [0, 0.05) is 21.9 Å². The van der Waals surface area contributed by atoms with Gasteiger partial charge >= 0.3 is 0 Å². The largest absolute Gasteiger partial charge is 0.376 e. The maximum absolute atomic E-state index is 9.85. The van der Waals surface area contributed by atoms with Gasteiger partial charge in [-0.05, 0) is 40.5 Å². The molecule has 2 nitrogen and oxygen atoms in total. The van der Waals surface area contributed by atoms with Gasteiger partial charge in [0.15, 0.2) is 0 Å².